The van der Waals surface area contributed by atoms with E-state index in [0.29, 0.717) is 22.5 Å². The fraction of sp³-hybridized carbons (Fsp3) is 0.100. The molecule has 0 aliphatic rings. The Balaban J connectivity index is 1.74. The summed E-state index contributed by atoms with van der Waals surface area (Å²) in [4.78, 5) is 37.2. The Morgan fingerprint density at radius 1 is 1.16 bits per heavy atom. The third kappa shape index (κ3) is 3.17. The molecule has 4 heterocycles. The average molecular weight is 437 g/mol. The van der Waals surface area contributed by atoms with Crippen molar-refractivity contribution in [1.82, 2.24) is 34.5 Å². The van der Waals surface area contributed by atoms with Crippen molar-refractivity contribution in [2.24, 2.45) is 0 Å². The second-order valence-electron chi connectivity index (χ2n) is 6.75. The summed E-state index contributed by atoms with van der Waals surface area (Å²) in [5, 5.41) is 3.62. The van der Waals surface area contributed by atoms with Crippen molar-refractivity contribution in [1.29, 1.82) is 0 Å². The molecule has 0 saturated heterocycles. The van der Waals surface area contributed by atoms with Crippen molar-refractivity contribution < 1.29 is 4.39 Å². The van der Waals surface area contributed by atoms with Crippen molar-refractivity contribution >= 4 is 39.5 Å². The van der Waals surface area contributed by atoms with Gasteiger partial charge in [0.2, 0.25) is 5.95 Å². The molecule has 0 amide bonds. The first-order chi connectivity index (χ1) is 15.0. The van der Waals surface area contributed by atoms with Gasteiger partial charge >= 0.3 is 0 Å². The number of rotatable bonds is 4. The first-order valence-corrected chi connectivity index (χ1v) is 9.65. The molecule has 0 unspecified atom stereocenters. The molecular formula is C20H14ClFN8O. The lowest BCUT2D eigenvalue weighted by Gasteiger charge is -2.20. The summed E-state index contributed by atoms with van der Waals surface area (Å²) in [5.74, 6) is -0.102. The summed E-state index contributed by atoms with van der Waals surface area (Å²) in [6.45, 7) is 1.78. The minimum absolute atomic E-state index is 0.0296. The molecule has 0 spiro atoms. The summed E-state index contributed by atoms with van der Waals surface area (Å²) in [5.41, 5.74) is 0.949. The maximum absolute atomic E-state index is 14.6. The molecule has 0 saturated carbocycles. The number of aromatic amines is 1. The van der Waals surface area contributed by atoms with E-state index in [0.717, 1.165) is 0 Å². The minimum Gasteiger partial charge on any atom is -0.358 e. The molecule has 0 aliphatic carbocycles. The number of pyridine rings is 1. The minimum atomic E-state index is -0.803. The molecule has 5 rings (SSSR count). The number of hydrogen-bond acceptors (Lipinski definition) is 7. The third-order valence-electron chi connectivity index (χ3n) is 4.81. The van der Waals surface area contributed by atoms with Crippen molar-refractivity contribution in [3.05, 3.63) is 76.3 Å². The number of anilines is 1. The van der Waals surface area contributed by atoms with E-state index in [1.54, 1.807) is 31.2 Å². The average Bonchev–Trinajstić information content (AvgIpc) is 3.24. The molecule has 31 heavy (non-hydrogen) atoms. The first kappa shape index (κ1) is 19.1. The number of nitrogens with zero attached hydrogens (tertiary/aromatic N) is 6. The van der Waals surface area contributed by atoms with E-state index in [1.165, 1.54) is 29.5 Å². The lowest BCUT2D eigenvalue weighted by Crippen LogP contribution is -2.28. The van der Waals surface area contributed by atoms with E-state index in [4.69, 9.17) is 11.6 Å². The van der Waals surface area contributed by atoms with Crippen LogP contribution in [0, 0.1) is 5.95 Å². The molecular weight excluding hydrogens is 423 g/mol. The topological polar surface area (TPSA) is 114 Å². The normalized spacial score (nSPS) is 12.4. The zero-order chi connectivity index (χ0) is 21.5. The Kier molecular flexibility index (Phi) is 4.55. The summed E-state index contributed by atoms with van der Waals surface area (Å²) in [6, 6.07) is 7.41. The number of hydrogen-bond donors (Lipinski definition) is 2. The van der Waals surface area contributed by atoms with Crippen molar-refractivity contribution in [2.45, 2.75) is 13.0 Å². The third-order valence-corrected chi connectivity index (χ3v) is 5.13. The Morgan fingerprint density at radius 3 is 2.87 bits per heavy atom. The monoisotopic (exact) mass is 436 g/mol. The second-order valence-corrected chi connectivity index (χ2v) is 7.15. The van der Waals surface area contributed by atoms with Crippen LogP contribution in [0.25, 0.3) is 27.8 Å². The van der Waals surface area contributed by atoms with Crippen LogP contribution in [0.5, 0.6) is 0 Å². The first-order valence-electron chi connectivity index (χ1n) is 9.27. The summed E-state index contributed by atoms with van der Waals surface area (Å²) >= 11 is 6.27. The van der Waals surface area contributed by atoms with Gasteiger partial charge in [0.25, 0.3) is 5.56 Å². The highest BCUT2D eigenvalue weighted by atomic mass is 35.5. The molecule has 1 atom stereocenters. The predicted octanol–water partition coefficient (Wildman–Crippen LogP) is 3.41. The van der Waals surface area contributed by atoms with Crippen LogP contribution in [0.3, 0.4) is 0 Å². The second kappa shape index (κ2) is 7.40. The molecule has 0 fully saturated rings. The van der Waals surface area contributed by atoms with E-state index in [9.17, 15) is 9.18 Å². The smallest absolute Gasteiger partial charge is 0.267 e. The van der Waals surface area contributed by atoms with Crippen LogP contribution < -0.4 is 10.9 Å². The van der Waals surface area contributed by atoms with Crippen LogP contribution in [0.2, 0.25) is 5.02 Å². The number of fused-ring (bicyclic) bond motifs is 2. The molecule has 4 aromatic heterocycles. The SMILES string of the molecule is C[C@@H](Nc1ncnc2[nH]cnc12)c1nc2cccc(Cl)c2c(=O)n1-c1cccnc1F. The molecule has 11 heteroatoms. The van der Waals surface area contributed by atoms with E-state index in [-0.39, 0.29) is 21.9 Å². The van der Waals surface area contributed by atoms with Gasteiger partial charge in [-0.25, -0.2) is 24.9 Å². The van der Waals surface area contributed by atoms with E-state index >= 15 is 0 Å². The molecule has 9 nitrogen and oxygen atoms in total. The number of benzene rings is 1. The van der Waals surface area contributed by atoms with Gasteiger partial charge in [0.05, 0.1) is 28.3 Å². The van der Waals surface area contributed by atoms with E-state index in [1.807, 2.05) is 0 Å². The Hall–Kier alpha value is -3.92. The van der Waals surface area contributed by atoms with Crippen LogP contribution in [0.1, 0.15) is 18.8 Å². The Bertz CT molecular complexity index is 1500. The van der Waals surface area contributed by atoms with Gasteiger partial charge in [-0.2, -0.15) is 4.39 Å². The van der Waals surface area contributed by atoms with Crippen molar-refractivity contribution in [3.8, 4) is 5.69 Å². The van der Waals surface area contributed by atoms with Gasteiger partial charge < -0.3 is 10.3 Å². The quantitative estimate of drug-likeness (QED) is 0.415. The Labute approximate surface area is 179 Å². The number of nitrogens with one attached hydrogen (secondary N) is 2. The van der Waals surface area contributed by atoms with Gasteiger partial charge in [-0.15, -0.1) is 0 Å². The van der Waals surface area contributed by atoms with Gasteiger partial charge in [0.1, 0.15) is 23.4 Å². The summed E-state index contributed by atoms with van der Waals surface area (Å²) < 4.78 is 15.8. The predicted molar refractivity (Wildman–Crippen MR) is 114 cm³/mol. The van der Waals surface area contributed by atoms with Crippen LogP contribution in [0.15, 0.2) is 54.0 Å². The highest BCUT2D eigenvalue weighted by molar-refractivity contribution is 6.35. The van der Waals surface area contributed by atoms with Crippen molar-refractivity contribution in [3.63, 3.8) is 0 Å². The standard InChI is InChI=1S/C20H14ClFN8O/c1-10(28-18-15-17(25-8-24-15)26-9-27-18)19-29-12-5-2-4-11(21)14(12)20(31)30(19)13-6-3-7-23-16(13)22/h2-10H,1H3,(H2,24,25,26,27,28)/t10-/m1/s1. The van der Waals surface area contributed by atoms with Crippen LogP contribution in [-0.2, 0) is 0 Å². The van der Waals surface area contributed by atoms with E-state index < -0.39 is 17.5 Å². The molecule has 0 bridgehead atoms. The fourth-order valence-corrected chi connectivity index (χ4v) is 3.66. The molecule has 0 radical (unpaired) electrons. The summed E-state index contributed by atoms with van der Waals surface area (Å²) in [6.07, 6.45) is 4.20. The van der Waals surface area contributed by atoms with Gasteiger partial charge in [-0.1, -0.05) is 17.7 Å². The number of aromatic nitrogens is 7. The zero-order valence-corrected chi connectivity index (χ0v) is 16.8. The van der Waals surface area contributed by atoms with Crippen LogP contribution >= 0.6 is 11.6 Å². The highest BCUT2D eigenvalue weighted by Crippen LogP contribution is 2.26. The van der Waals surface area contributed by atoms with Gasteiger partial charge in [0.15, 0.2) is 11.5 Å². The number of H-pyrrole nitrogens is 1. The molecule has 1 aromatic carbocycles. The highest BCUT2D eigenvalue weighted by Gasteiger charge is 2.22. The largest absolute Gasteiger partial charge is 0.358 e. The number of imidazole rings is 1. The molecule has 2 N–H and O–H groups in total. The summed E-state index contributed by atoms with van der Waals surface area (Å²) in [7, 11) is 0. The maximum atomic E-state index is 14.6. The zero-order valence-electron chi connectivity index (χ0n) is 16.0. The lowest BCUT2D eigenvalue weighted by atomic mass is 10.2. The Morgan fingerprint density at radius 2 is 2.03 bits per heavy atom. The molecule has 154 valence electrons. The van der Waals surface area contributed by atoms with E-state index in [2.05, 4.69) is 35.2 Å². The van der Waals surface area contributed by atoms with Crippen LogP contribution in [0.4, 0.5) is 10.2 Å². The fourth-order valence-electron chi connectivity index (χ4n) is 3.41. The van der Waals surface area contributed by atoms with Gasteiger partial charge in [0, 0.05) is 6.20 Å². The van der Waals surface area contributed by atoms with Gasteiger partial charge in [-0.05, 0) is 31.2 Å². The van der Waals surface area contributed by atoms with Crippen molar-refractivity contribution in [2.75, 3.05) is 5.32 Å². The lowest BCUT2D eigenvalue weighted by molar-refractivity contribution is 0.567. The molecule has 0 aliphatic heterocycles. The van der Waals surface area contributed by atoms with Crippen LogP contribution in [-0.4, -0.2) is 34.5 Å². The maximum Gasteiger partial charge on any atom is 0.267 e. The molecule has 5 aromatic rings. The number of halogens is 2. The van der Waals surface area contributed by atoms with Gasteiger partial charge in [-0.3, -0.25) is 9.36 Å².